The Morgan fingerprint density at radius 1 is 1.50 bits per heavy atom. The molecule has 18 heavy (non-hydrogen) atoms. The Balaban J connectivity index is 2.13. The Labute approximate surface area is 106 Å². The van der Waals surface area contributed by atoms with Gasteiger partial charge in [-0.1, -0.05) is 0 Å². The third-order valence-electron chi connectivity index (χ3n) is 2.98. The molecule has 1 aromatic heterocycles. The van der Waals surface area contributed by atoms with E-state index < -0.39 is 9.84 Å². The summed E-state index contributed by atoms with van der Waals surface area (Å²) >= 11 is 0. The normalized spacial score (nSPS) is 15.4. The van der Waals surface area contributed by atoms with Gasteiger partial charge in [0.1, 0.15) is 9.84 Å². The number of hydrogen-bond donors (Lipinski definition) is 1. The number of fused-ring (bicyclic) bond motifs is 1. The van der Waals surface area contributed by atoms with Gasteiger partial charge >= 0.3 is 0 Å². The second-order valence-corrected chi connectivity index (χ2v) is 6.84. The lowest BCUT2D eigenvalue weighted by Crippen LogP contribution is -2.34. The minimum Gasteiger partial charge on any atom is -0.311 e. The molecule has 0 aliphatic carbocycles. The number of hydrogen-bond acceptors (Lipinski definition) is 5. The van der Waals surface area contributed by atoms with Crippen molar-refractivity contribution in [3.05, 3.63) is 27.9 Å². The van der Waals surface area contributed by atoms with Gasteiger partial charge in [0.2, 0.25) is 0 Å². The summed E-state index contributed by atoms with van der Waals surface area (Å²) in [6, 6.07) is 0. The van der Waals surface area contributed by atoms with Crippen molar-refractivity contribution >= 4 is 9.84 Å². The van der Waals surface area contributed by atoms with E-state index in [4.69, 9.17) is 0 Å². The fourth-order valence-electron chi connectivity index (χ4n) is 2.05. The molecule has 0 spiro atoms. The highest BCUT2D eigenvalue weighted by atomic mass is 32.2. The zero-order chi connectivity index (χ0) is 13.2. The number of aryl methyl sites for hydroxylation is 1. The van der Waals surface area contributed by atoms with Crippen LogP contribution in [0.2, 0.25) is 0 Å². The van der Waals surface area contributed by atoms with Crippen molar-refractivity contribution in [1.29, 1.82) is 0 Å². The van der Waals surface area contributed by atoms with E-state index in [9.17, 15) is 13.2 Å². The maximum absolute atomic E-state index is 12.1. The second-order valence-electron chi connectivity index (χ2n) is 4.58. The molecule has 0 unspecified atom stereocenters. The summed E-state index contributed by atoms with van der Waals surface area (Å²) in [4.78, 5) is 16.4. The van der Waals surface area contributed by atoms with E-state index in [-0.39, 0.29) is 11.3 Å². The SMILES string of the molecule is CS(=O)(=O)CCCn1cnc2c(c1=O)CCNC2. The summed E-state index contributed by atoms with van der Waals surface area (Å²) in [7, 11) is -2.97. The molecular formula is C11H17N3O3S. The fraction of sp³-hybridized carbons (Fsp3) is 0.636. The van der Waals surface area contributed by atoms with E-state index in [0.717, 1.165) is 17.8 Å². The van der Waals surface area contributed by atoms with Crippen molar-refractivity contribution in [2.24, 2.45) is 0 Å². The van der Waals surface area contributed by atoms with Gasteiger partial charge in [0.25, 0.3) is 5.56 Å². The highest BCUT2D eigenvalue weighted by molar-refractivity contribution is 7.90. The van der Waals surface area contributed by atoms with Crippen LogP contribution in [0.5, 0.6) is 0 Å². The first kappa shape index (κ1) is 13.2. The molecular weight excluding hydrogens is 254 g/mol. The average Bonchev–Trinajstić information content (AvgIpc) is 2.31. The van der Waals surface area contributed by atoms with Gasteiger partial charge < -0.3 is 5.32 Å². The van der Waals surface area contributed by atoms with Crippen LogP contribution in [0.4, 0.5) is 0 Å². The fourth-order valence-corrected chi connectivity index (χ4v) is 2.70. The van der Waals surface area contributed by atoms with Gasteiger partial charge in [0.05, 0.1) is 17.8 Å². The van der Waals surface area contributed by atoms with Crippen molar-refractivity contribution < 1.29 is 8.42 Å². The molecule has 0 bridgehead atoms. The zero-order valence-corrected chi connectivity index (χ0v) is 11.2. The zero-order valence-electron chi connectivity index (χ0n) is 10.3. The van der Waals surface area contributed by atoms with Crippen LogP contribution in [-0.4, -0.2) is 36.5 Å². The average molecular weight is 271 g/mol. The van der Waals surface area contributed by atoms with Gasteiger partial charge in [-0.15, -0.1) is 0 Å². The first-order chi connectivity index (χ1) is 8.47. The largest absolute Gasteiger partial charge is 0.311 e. The predicted octanol–water partition coefficient (Wildman–Crippen LogP) is -0.676. The van der Waals surface area contributed by atoms with Crippen LogP contribution in [-0.2, 0) is 29.3 Å². The van der Waals surface area contributed by atoms with E-state index >= 15 is 0 Å². The molecule has 2 heterocycles. The summed E-state index contributed by atoms with van der Waals surface area (Å²) < 4.78 is 23.6. The minimum absolute atomic E-state index is 0.0324. The van der Waals surface area contributed by atoms with Crippen molar-refractivity contribution in [3.8, 4) is 0 Å². The molecule has 1 aromatic rings. The molecule has 0 atom stereocenters. The molecule has 1 N–H and O–H groups in total. The number of nitrogens with zero attached hydrogens (tertiary/aromatic N) is 2. The molecule has 1 aliphatic rings. The highest BCUT2D eigenvalue weighted by Crippen LogP contribution is 2.05. The van der Waals surface area contributed by atoms with Crippen LogP contribution in [0.15, 0.2) is 11.1 Å². The standard InChI is InChI=1S/C11H17N3O3S/c1-18(16,17)6-2-5-14-8-13-10-7-12-4-3-9(10)11(14)15/h8,12H,2-7H2,1H3. The third-order valence-corrected chi connectivity index (χ3v) is 4.01. The molecule has 1 aliphatic heterocycles. The molecule has 2 rings (SSSR count). The molecule has 0 saturated carbocycles. The van der Waals surface area contributed by atoms with Crippen molar-refractivity contribution in [3.63, 3.8) is 0 Å². The van der Waals surface area contributed by atoms with E-state index in [2.05, 4.69) is 10.3 Å². The molecule has 6 nitrogen and oxygen atoms in total. The quantitative estimate of drug-likeness (QED) is 0.785. The van der Waals surface area contributed by atoms with E-state index in [1.54, 1.807) is 0 Å². The van der Waals surface area contributed by atoms with Crippen molar-refractivity contribution in [2.75, 3.05) is 18.6 Å². The summed E-state index contributed by atoms with van der Waals surface area (Å²) in [6.45, 7) is 1.83. The van der Waals surface area contributed by atoms with Crippen LogP contribution in [0.3, 0.4) is 0 Å². The van der Waals surface area contributed by atoms with Crippen LogP contribution < -0.4 is 10.9 Å². The summed E-state index contributed by atoms with van der Waals surface area (Å²) in [5.41, 5.74) is 1.54. The lowest BCUT2D eigenvalue weighted by Gasteiger charge is -2.16. The lowest BCUT2D eigenvalue weighted by molar-refractivity contribution is 0.567. The van der Waals surface area contributed by atoms with Crippen LogP contribution >= 0.6 is 0 Å². The Hall–Kier alpha value is -1.21. The number of rotatable bonds is 4. The van der Waals surface area contributed by atoms with Gasteiger partial charge in [0.15, 0.2) is 0 Å². The molecule has 100 valence electrons. The van der Waals surface area contributed by atoms with E-state index in [1.165, 1.54) is 17.2 Å². The second kappa shape index (κ2) is 5.19. The summed E-state index contributed by atoms with van der Waals surface area (Å²) in [6.07, 6.45) is 3.84. The summed E-state index contributed by atoms with van der Waals surface area (Å²) in [5.74, 6) is 0.0953. The number of sulfone groups is 1. The first-order valence-electron chi connectivity index (χ1n) is 5.93. The van der Waals surface area contributed by atoms with Crippen LogP contribution in [0.25, 0.3) is 0 Å². The minimum atomic E-state index is -2.97. The van der Waals surface area contributed by atoms with E-state index in [1.807, 2.05) is 0 Å². The highest BCUT2D eigenvalue weighted by Gasteiger charge is 2.15. The van der Waals surface area contributed by atoms with Gasteiger partial charge in [-0.3, -0.25) is 9.36 Å². The van der Waals surface area contributed by atoms with Gasteiger partial charge in [-0.2, -0.15) is 0 Å². The molecule has 0 fully saturated rings. The van der Waals surface area contributed by atoms with Gasteiger partial charge in [0, 0.05) is 24.9 Å². The Morgan fingerprint density at radius 3 is 3.00 bits per heavy atom. The monoisotopic (exact) mass is 271 g/mol. The molecule has 0 amide bonds. The predicted molar refractivity (Wildman–Crippen MR) is 68.2 cm³/mol. The first-order valence-corrected chi connectivity index (χ1v) is 7.99. The maximum Gasteiger partial charge on any atom is 0.256 e. The van der Waals surface area contributed by atoms with Crippen LogP contribution in [0.1, 0.15) is 17.7 Å². The molecule has 0 aromatic carbocycles. The Kier molecular flexibility index (Phi) is 3.82. The van der Waals surface area contributed by atoms with Crippen molar-refractivity contribution in [2.45, 2.75) is 25.9 Å². The third kappa shape index (κ3) is 3.17. The van der Waals surface area contributed by atoms with Crippen LogP contribution in [0, 0.1) is 0 Å². The Bertz CT molecular complexity index is 592. The summed E-state index contributed by atoms with van der Waals surface area (Å²) in [5, 5.41) is 3.16. The van der Waals surface area contributed by atoms with Gasteiger partial charge in [-0.05, 0) is 19.4 Å². The topological polar surface area (TPSA) is 81.1 Å². The Morgan fingerprint density at radius 2 is 2.28 bits per heavy atom. The van der Waals surface area contributed by atoms with Crippen molar-refractivity contribution in [1.82, 2.24) is 14.9 Å². The number of nitrogens with one attached hydrogen (secondary N) is 1. The lowest BCUT2D eigenvalue weighted by atomic mass is 10.1. The van der Waals surface area contributed by atoms with E-state index in [0.29, 0.717) is 25.9 Å². The molecule has 7 heteroatoms. The molecule has 0 saturated heterocycles. The number of aromatic nitrogens is 2. The molecule has 0 radical (unpaired) electrons. The van der Waals surface area contributed by atoms with Gasteiger partial charge in [-0.25, -0.2) is 13.4 Å². The maximum atomic E-state index is 12.1. The smallest absolute Gasteiger partial charge is 0.256 e.